The van der Waals surface area contributed by atoms with E-state index >= 15 is 0 Å². The second-order valence-electron chi connectivity index (χ2n) is 6.21. The Morgan fingerprint density at radius 3 is 2.46 bits per heavy atom. The number of rotatable bonds is 9. The van der Waals surface area contributed by atoms with Crippen LogP contribution in [0.2, 0.25) is 0 Å². The van der Waals surface area contributed by atoms with Crippen molar-refractivity contribution in [3.8, 4) is 0 Å². The molecule has 0 saturated heterocycles. The number of methoxy groups -OCH3 is 1. The van der Waals surface area contributed by atoms with E-state index in [4.69, 9.17) is 4.74 Å². The molecule has 0 atom stereocenters. The summed E-state index contributed by atoms with van der Waals surface area (Å²) in [5, 5.41) is 0. The number of para-hydroxylation sites is 1. The van der Waals surface area contributed by atoms with E-state index in [0.29, 0.717) is 11.3 Å². The van der Waals surface area contributed by atoms with Crippen molar-refractivity contribution >= 4 is 23.9 Å². The second kappa shape index (κ2) is 11.0. The van der Waals surface area contributed by atoms with Crippen molar-refractivity contribution in [1.29, 1.82) is 0 Å². The number of allylic oxidation sites excluding steroid dienone is 1. The lowest BCUT2D eigenvalue weighted by Crippen LogP contribution is -2.01. The summed E-state index contributed by atoms with van der Waals surface area (Å²) in [7, 11) is 1.39. The van der Waals surface area contributed by atoms with Gasteiger partial charge >= 0.3 is 5.97 Å². The molecule has 0 aliphatic rings. The summed E-state index contributed by atoms with van der Waals surface area (Å²) in [6.45, 7) is 2.21. The molecule has 0 aromatic heterocycles. The SMILES string of the molecule is CCCCCC/C(C=Nc1ccccc1C(=O)OC)=C\c1ccccc1. The molecule has 0 aliphatic heterocycles. The number of nitrogens with zero attached hydrogens (tertiary/aromatic N) is 1. The molecule has 3 nitrogen and oxygen atoms in total. The molecule has 0 amide bonds. The third-order valence-corrected chi connectivity index (χ3v) is 4.15. The van der Waals surface area contributed by atoms with E-state index < -0.39 is 0 Å². The zero-order valence-corrected chi connectivity index (χ0v) is 15.7. The van der Waals surface area contributed by atoms with Gasteiger partial charge in [-0.2, -0.15) is 0 Å². The average Bonchev–Trinajstić information content (AvgIpc) is 2.69. The van der Waals surface area contributed by atoms with Crippen LogP contribution >= 0.6 is 0 Å². The summed E-state index contributed by atoms with van der Waals surface area (Å²) in [5.74, 6) is -0.366. The van der Waals surface area contributed by atoms with E-state index in [1.54, 1.807) is 6.07 Å². The van der Waals surface area contributed by atoms with E-state index in [2.05, 4.69) is 30.1 Å². The van der Waals surface area contributed by atoms with Gasteiger partial charge in [-0.3, -0.25) is 4.99 Å². The maximum Gasteiger partial charge on any atom is 0.340 e. The molecule has 0 spiro atoms. The highest BCUT2D eigenvalue weighted by Gasteiger charge is 2.09. The van der Waals surface area contributed by atoms with Crippen molar-refractivity contribution in [2.24, 2.45) is 4.99 Å². The molecule has 0 unspecified atom stereocenters. The Balaban J connectivity index is 2.22. The van der Waals surface area contributed by atoms with Gasteiger partial charge in [0.2, 0.25) is 0 Å². The topological polar surface area (TPSA) is 38.7 Å². The molecule has 0 heterocycles. The molecule has 2 rings (SSSR count). The van der Waals surface area contributed by atoms with Crippen molar-refractivity contribution in [2.75, 3.05) is 7.11 Å². The first-order chi connectivity index (χ1) is 12.7. The maximum absolute atomic E-state index is 11.9. The molecular formula is C23H27NO2. The number of ether oxygens (including phenoxy) is 1. The van der Waals surface area contributed by atoms with Gasteiger partial charge in [0.1, 0.15) is 0 Å². The van der Waals surface area contributed by atoms with E-state index in [1.165, 1.54) is 26.4 Å². The Bertz CT molecular complexity index is 748. The summed E-state index contributed by atoms with van der Waals surface area (Å²) in [4.78, 5) is 16.5. The smallest absolute Gasteiger partial charge is 0.340 e. The second-order valence-corrected chi connectivity index (χ2v) is 6.21. The lowest BCUT2D eigenvalue weighted by molar-refractivity contribution is 0.0601. The zero-order chi connectivity index (χ0) is 18.6. The van der Waals surface area contributed by atoms with Crippen molar-refractivity contribution < 1.29 is 9.53 Å². The van der Waals surface area contributed by atoms with Crippen molar-refractivity contribution in [3.63, 3.8) is 0 Å². The fourth-order valence-electron chi connectivity index (χ4n) is 2.71. The number of benzene rings is 2. The van der Waals surface area contributed by atoms with E-state index in [9.17, 15) is 4.79 Å². The maximum atomic E-state index is 11.9. The number of hydrogen-bond donors (Lipinski definition) is 0. The van der Waals surface area contributed by atoms with Crippen LogP contribution in [0.25, 0.3) is 6.08 Å². The number of carbonyl (C=O) groups excluding carboxylic acids is 1. The highest BCUT2D eigenvalue weighted by molar-refractivity contribution is 5.96. The Morgan fingerprint density at radius 2 is 1.73 bits per heavy atom. The van der Waals surface area contributed by atoms with Crippen molar-refractivity contribution in [1.82, 2.24) is 0 Å². The Kier molecular flexibility index (Phi) is 8.34. The van der Waals surface area contributed by atoms with Crippen molar-refractivity contribution in [2.45, 2.75) is 39.0 Å². The van der Waals surface area contributed by atoms with Crippen LogP contribution < -0.4 is 0 Å². The Hall–Kier alpha value is -2.68. The van der Waals surface area contributed by atoms with Gasteiger partial charge in [0, 0.05) is 6.21 Å². The van der Waals surface area contributed by atoms with Crippen LogP contribution in [-0.2, 0) is 4.74 Å². The zero-order valence-electron chi connectivity index (χ0n) is 15.7. The molecule has 2 aromatic rings. The van der Waals surface area contributed by atoms with Gasteiger partial charge in [-0.1, -0.05) is 74.7 Å². The number of aliphatic imine (C=N–C) groups is 1. The quantitative estimate of drug-likeness (QED) is 0.306. The summed E-state index contributed by atoms with van der Waals surface area (Å²) in [6.07, 6.45) is 9.83. The molecule has 0 fully saturated rings. The van der Waals surface area contributed by atoms with Crippen molar-refractivity contribution in [3.05, 3.63) is 71.3 Å². The molecule has 0 bridgehead atoms. The molecule has 0 N–H and O–H groups in total. The van der Waals surface area contributed by atoms with E-state index in [0.717, 1.165) is 24.0 Å². The number of carbonyl (C=O) groups is 1. The first kappa shape index (κ1) is 19.6. The summed E-state index contributed by atoms with van der Waals surface area (Å²) < 4.78 is 4.84. The van der Waals surface area contributed by atoms with Gasteiger partial charge in [-0.15, -0.1) is 0 Å². The molecule has 0 aliphatic carbocycles. The number of unbranched alkanes of at least 4 members (excludes halogenated alkanes) is 3. The lowest BCUT2D eigenvalue weighted by atomic mass is 10.0. The van der Waals surface area contributed by atoms with Crippen LogP contribution in [-0.4, -0.2) is 19.3 Å². The average molecular weight is 349 g/mol. The summed E-state index contributed by atoms with van der Waals surface area (Å²) in [6, 6.07) is 17.5. The minimum Gasteiger partial charge on any atom is -0.465 e. The Morgan fingerprint density at radius 1 is 1.00 bits per heavy atom. The minimum atomic E-state index is -0.366. The predicted molar refractivity (Wildman–Crippen MR) is 109 cm³/mol. The molecule has 136 valence electrons. The van der Waals surface area contributed by atoms with E-state index in [-0.39, 0.29) is 5.97 Å². The Labute approximate surface area is 156 Å². The molecule has 2 aromatic carbocycles. The molecule has 26 heavy (non-hydrogen) atoms. The van der Waals surface area contributed by atoms with E-state index in [1.807, 2.05) is 42.6 Å². The third-order valence-electron chi connectivity index (χ3n) is 4.15. The molecular weight excluding hydrogens is 322 g/mol. The first-order valence-corrected chi connectivity index (χ1v) is 9.21. The summed E-state index contributed by atoms with van der Waals surface area (Å²) in [5.41, 5.74) is 3.43. The van der Waals surface area contributed by atoms with Gasteiger partial charge in [0.05, 0.1) is 18.4 Å². The van der Waals surface area contributed by atoms with Crippen LogP contribution in [0.5, 0.6) is 0 Å². The fourth-order valence-corrected chi connectivity index (χ4v) is 2.71. The van der Waals surface area contributed by atoms with Crippen LogP contribution in [0.1, 0.15) is 54.9 Å². The minimum absolute atomic E-state index is 0.366. The van der Waals surface area contributed by atoms with Gasteiger partial charge in [0.25, 0.3) is 0 Å². The summed E-state index contributed by atoms with van der Waals surface area (Å²) >= 11 is 0. The van der Waals surface area contributed by atoms with Crippen LogP contribution in [0.3, 0.4) is 0 Å². The van der Waals surface area contributed by atoms with Gasteiger partial charge in [-0.05, 0) is 36.1 Å². The van der Waals surface area contributed by atoms with Gasteiger partial charge in [0.15, 0.2) is 0 Å². The van der Waals surface area contributed by atoms with Gasteiger partial charge in [-0.25, -0.2) is 4.79 Å². The fraction of sp³-hybridized carbons (Fsp3) is 0.304. The lowest BCUT2D eigenvalue weighted by Gasteiger charge is -2.05. The number of hydrogen-bond acceptors (Lipinski definition) is 3. The van der Waals surface area contributed by atoms with Crippen LogP contribution in [0.15, 0.2) is 65.2 Å². The van der Waals surface area contributed by atoms with Crippen LogP contribution in [0.4, 0.5) is 5.69 Å². The van der Waals surface area contributed by atoms with Crippen LogP contribution in [0, 0.1) is 0 Å². The highest BCUT2D eigenvalue weighted by Crippen LogP contribution is 2.21. The molecule has 3 heteroatoms. The first-order valence-electron chi connectivity index (χ1n) is 9.21. The molecule has 0 radical (unpaired) electrons. The normalized spacial score (nSPS) is 11.7. The standard InChI is InChI=1S/C23H27NO2/c1-3-4-5-7-14-20(17-19-12-8-6-9-13-19)18-24-22-16-11-10-15-21(22)23(25)26-2/h6,8-13,15-18H,3-5,7,14H2,1-2H3/b20-17+,24-18?. The highest BCUT2D eigenvalue weighted by atomic mass is 16.5. The largest absolute Gasteiger partial charge is 0.465 e. The predicted octanol–water partition coefficient (Wildman–Crippen LogP) is 6.23. The number of esters is 1. The van der Waals surface area contributed by atoms with Gasteiger partial charge < -0.3 is 4.74 Å². The molecule has 0 saturated carbocycles. The third kappa shape index (κ3) is 6.32. The monoisotopic (exact) mass is 349 g/mol.